The van der Waals surface area contributed by atoms with Gasteiger partial charge in [0.15, 0.2) is 0 Å². The van der Waals surface area contributed by atoms with Crippen molar-refractivity contribution in [2.75, 3.05) is 19.6 Å². The second-order valence-electron chi connectivity index (χ2n) is 4.29. The van der Waals surface area contributed by atoms with E-state index in [4.69, 9.17) is 5.73 Å². The van der Waals surface area contributed by atoms with Crippen LogP contribution in [0.4, 0.5) is 0 Å². The third kappa shape index (κ3) is 2.08. The van der Waals surface area contributed by atoms with Crippen LogP contribution in [-0.2, 0) is 0 Å². The number of hydrogen-bond donors (Lipinski definition) is 1. The highest BCUT2D eigenvalue weighted by Gasteiger charge is 2.31. The van der Waals surface area contributed by atoms with Crippen LogP contribution in [0, 0.1) is 0 Å². The molecule has 1 heterocycles. The Labute approximate surface area is 75.4 Å². The first-order valence-corrected chi connectivity index (χ1v) is 4.68. The van der Waals surface area contributed by atoms with Crippen LogP contribution >= 0.6 is 0 Å². The van der Waals surface area contributed by atoms with Crippen molar-refractivity contribution in [3.8, 4) is 0 Å². The van der Waals surface area contributed by atoms with E-state index in [-0.39, 0.29) is 0 Å². The van der Waals surface area contributed by atoms with Gasteiger partial charge >= 0.3 is 0 Å². The Morgan fingerprint density at radius 2 is 2.25 bits per heavy atom. The van der Waals surface area contributed by atoms with Crippen molar-refractivity contribution < 1.29 is 0 Å². The molecule has 0 bridgehead atoms. The Morgan fingerprint density at radius 3 is 2.67 bits per heavy atom. The lowest BCUT2D eigenvalue weighted by atomic mass is 10.0. The predicted octanol–water partition coefficient (Wildman–Crippen LogP) is 1.38. The normalized spacial score (nSPS) is 22.9. The number of likely N-dealkylation sites (tertiary alicyclic amines) is 1. The van der Waals surface area contributed by atoms with Crippen LogP contribution in [0.3, 0.4) is 0 Å². The summed E-state index contributed by atoms with van der Waals surface area (Å²) < 4.78 is 0. The van der Waals surface area contributed by atoms with Gasteiger partial charge in [-0.3, -0.25) is 4.90 Å². The molecule has 1 aliphatic rings. The highest BCUT2D eigenvalue weighted by atomic mass is 15.2. The van der Waals surface area contributed by atoms with Gasteiger partial charge in [-0.25, -0.2) is 0 Å². The third-order valence-corrected chi connectivity index (χ3v) is 2.78. The van der Waals surface area contributed by atoms with Crippen LogP contribution < -0.4 is 5.73 Å². The molecule has 2 N–H and O–H groups in total. The fourth-order valence-electron chi connectivity index (χ4n) is 1.79. The van der Waals surface area contributed by atoms with Crippen LogP contribution in [-0.4, -0.2) is 30.1 Å². The van der Waals surface area contributed by atoms with Crippen LogP contribution in [0.2, 0.25) is 0 Å². The van der Waals surface area contributed by atoms with E-state index < -0.39 is 0 Å². The van der Waals surface area contributed by atoms with Gasteiger partial charge in [-0.05, 0) is 38.8 Å². The maximum Gasteiger partial charge on any atom is 0.0208 e. The van der Waals surface area contributed by atoms with Gasteiger partial charge in [0.25, 0.3) is 0 Å². The molecule has 2 heteroatoms. The lowest BCUT2D eigenvalue weighted by Gasteiger charge is -2.31. The zero-order valence-corrected chi connectivity index (χ0v) is 8.27. The van der Waals surface area contributed by atoms with Crippen molar-refractivity contribution in [1.82, 2.24) is 4.90 Å². The van der Waals surface area contributed by atoms with E-state index in [1.807, 2.05) is 0 Å². The Hall–Kier alpha value is -0.340. The zero-order chi connectivity index (χ0) is 9.19. The molecule has 0 saturated carbocycles. The minimum Gasteiger partial charge on any atom is -0.327 e. The Bertz CT molecular complexity index is 173. The molecule has 0 radical (unpaired) electrons. The number of rotatable bonds is 3. The highest BCUT2D eigenvalue weighted by molar-refractivity contribution is 5.02. The molecule has 1 fully saturated rings. The first-order chi connectivity index (χ1) is 5.56. The molecule has 0 spiro atoms. The topological polar surface area (TPSA) is 29.3 Å². The quantitative estimate of drug-likeness (QED) is 0.645. The maximum atomic E-state index is 5.51. The summed E-state index contributed by atoms with van der Waals surface area (Å²) in [5.74, 6) is 0. The van der Waals surface area contributed by atoms with Crippen LogP contribution in [0.25, 0.3) is 0 Å². The summed E-state index contributed by atoms with van der Waals surface area (Å²) >= 11 is 0. The summed E-state index contributed by atoms with van der Waals surface area (Å²) in [6, 6.07) is 0. The summed E-state index contributed by atoms with van der Waals surface area (Å²) in [6.45, 7) is 11.3. The molecule has 0 amide bonds. The van der Waals surface area contributed by atoms with Crippen molar-refractivity contribution >= 4 is 0 Å². The third-order valence-electron chi connectivity index (χ3n) is 2.78. The monoisotopic (exact) mass is 168 g/mol. The van der Waals surface area contributed by atoms with E-state index >= 15 is 0 Å². The maximum absolute atomic E-state index is 5.51. The molecule has 1 saturated heterocycles. The van der Waals surface area contributed by atoms with Gasteiger partial charge < -0.3 is 5.73 Å². The average molecular weight is 168 g/mol. The largest absolute Gasteiger partial charge is 0.327 e. The lowest BCUT2D eigenvalue weighted by molar-refractivity contribution is 0.190. The van der Waals surface area contributed by atoms with E-state index in [1.165, 1.54) is 19.4 Å². The first kappa shape index (κ1) is 9.75. The van der Waals surface area contributed by atoms with E-state index in [0.29, 0.717) is 12.1 Å². The molecule has 70 valence electrons. The molecular weight excluding hydrogens is 148 g/mol. The molecule has 1 rings (SSSR count). The van der Waals surface area contributed by atoms with E-state index in [1.54, 1.807) is 0 Å². The molecule has 0 atom stereocenters. The van der Waals surface area contributed by atoms with Crippen LogP contribution in [0.15, 0.2) is 12.2 Å². The fraction of sp³-hybridized carbons (Fsp3) is 0.800. The molecule has 0 aromatic heterocycles. The Balaban J connectivity index is 2.47. The number of nitrogens with zero attached hydrogens (tertiary/aromatic N) is 1. The van der Waals surface area contributed by atoms with Crippen molar-refractivity contribution in [2.24, 2.45) is 5.73 Å². The molecule has 0 aromatic rings. The van der Waals surface area contributed by atoms with E-state index in [2.05, 4.69) is 25.3 Å². The predicted molar refractivity (Wildman–Crippen MR) is 53.1 cm³/mol. The molecular formula is C10H20N2. The van der Waals surface area contributed by atoms with Crippen molar-refractivity contribution in [1.29, 1.82) is 0 Å². The summed E-state index contributed by atoms with van der Waals surface area (Å²) in [6.07, 6.45) is 2.61. The van der Waals surface area contributed by atoms with Gasteiger partial charge in [0, 0.05) is 18.6 Å². The van der Waals surface area contributed by atoms with Gasteiger partial charge in [0.05, 0.1) is 0 Å². The zero-order valence-electron chi connectivity index (χ0n) is 8.27. The molecule has 1 aliphatic heterocycles. The van der Waals surface area contributed by atoms with Crippen molar-refractivity contribution in [2.45, 2.75) is 32.2 Å². The molecule has 0 aliphatic carbocycles. The highest BCUT2D eigenvalue weighted by Crippen LogP contribution is 2.28. The van der Waals surface area contributed by atoms with Crippen LogP contribution in [0.1, 0.15) is 26.7 Å². The van der Waals surface area contributed by atoms with Crippen molar-refractivity contribution in [3.63, 3.8) is 0 Å². The fourth-order valence-corrected chi connectivity index (χ4v) is 1.79. The lowest BCUT2D eigenvalue weighted by Crippen LogP contribution is -2.39. The smallest absolute Gasteiger partial charge is 0.0208 e. The summed E-state index contributed by atoms with van der Waals surface area (Å²) in [5, 5.41) is 0. The molecule has 2 nitrogen and oxygen atoms in total. The molecule has 0 unspecified atom stereocenters. The Kier molecular flexibility index (Phi) is 2.91. The standard InChI is InChI=1S/C10H20N2/c1-9(7-11)8-12-6-4-5-10(12,2)3/h1,4-8,11H2,2-3H3. The summed E-state index contributed by atoms with van der Waals surface area (Å²) in [7, 11) is 0. The SMILES string of the molecule is C=C(CN)CN1CCCC1(C)C. The Morgan fingerprint density at radius 1 is 1.58 bits per heavy atom. The molecule has 0 aromatic carbocycles. The summed E-state index contributed by atoms with van der Waals surface area (Å²) in [5.41, 5.74) is 7.02. The van der Waals surface area contributed by atoms with Gasteiger partial charge in [-0.15, -0.1) is 0 Å². The van der Waals surface area contributed by atoms with E-state index in [0.717, 1.165) is 12.1 Å². The van der Waals surface area contributed by atoms with Gasteiger partial charge in [0.1, 0.15) is 0 Å². The minimum atomic E-state index is 0.359. The van der Waals surface area contributed by atoms with Crippen LogP contribution in [0.5, 0.6) is 0 Å². The van der Waals surface area contributed by atoms with Gasteiger partial charge in [-0.1, -0.05) is 6.58 Å². The van der Waals surface area contributed by atoms with Gasteiger partial charge in [-0.2, -0.15) is 0 Å². The minimum absolute atomic E-state index is 0.359. The second kappa shape index (κ2) is 3.58. The second-order valence-corrected chi connectivity index (χ2v) is 4.29. The number of hydrogen-bond acceptors (Lipinski definition) is 2. The number of nitrogens with two attached hydrogens (primary N) is 1. The van der Waals surface area contributed by atoms with Gasteiger partial charge in [0.2, 0.25) is 0 Å². The van der Waals surface area contributed by atoms with E-state index in [9.17, 15) is 0 Å². The summed E-state index contributed by atoms with van der Waals surface area (Å²) in [4.78, 5) is 2.47. The molecule has 12 heavy (non-hydrogen) atoms. The van der Waals surface area contributed by atoms with Crippen molar-refractivity contribution in [3.05, 3.63) is 12.2 Å². The first-order valence-electron chi connectivity index (χ1n) is 4.68. The average Bonchev–Trinajstić information content (AvgIpc) is 2.31.